The van der Waals surface area contributed by atoms with Crippen LogP contribution in [0.25, 0.3) is 10.8 Å². The standard InChI is InChI=1S/C20H19N5O2S/c1-14-16(23-20(27-14)17-3-2-10-28-17)12-19(26)25-8-6-24(7-9-25)18-11-15(13-21)4-5-22-18/h2-5,10-11H,6-9,12H2,1H3. The maximum atomic E-state index is 12.7. The monoisotopic (exact) mass is 393 g/mol. The summed E-state index contributed by atoms with van der Waals surface area (Å²) in [4.78, 5) is 26.5. The number of carbonyl (C=O) groups is 1. The summed E-state index contributed by atoms with van der Waals surface area (Å²) in [6, 6.07) is 9.50. The van der Waals surface area contributed by atoms with E-state index < -0.39 is 0 Å². The Morgan fingerprint density at radius 2 is 2.14 bits per heavy atom. The van der Waals surface area contributed by atoms with Crippen molar-refractivity contribution in [3.63, 3.8) is 0 Å². The molecule has 0 N–H and O–H groups in total. The summed E-state index contributed by atoms with van der Waals surface area (Å²) in [5, 5.41) is 11.0. The number of aromatic nitrogens is 2. The first kappa shape index (κ1) is 18.2. The molecule has 0 saturated carbocycles. The van der Waals surface area contributed by atoms with Crippen LogP contribution in [0.1, 0.15) is 17.0 Å². The van der Waals surface area contributed by atoms with Crippen molar-refractivity contribution in [1.29, 1.82) is 5.26 Å². The lowest BCUT2D eigenvalue weighted by Gasteiger charge is -2.35. The van der Waals surface area contributed by atoms with Gasteiger partial charge in [0.25, 0.3) is 0 Å². The number of pyridine rings is 1. The molecule has 7 nitrogen and oxygen atoms in total. The van der Waals surface area contributed by atoms with Gasteiger partial charge in [0, 0.05) is 32.4 Å². The Kier molecular flexibility index (Phi) is 5.08. The maximum Gasteiger partial charge on any atom is 0.236 e. The summed E-state index contributed by atoms with van der Waals surface area (Å²) >= 11 is 1.56. The molecule has 0 radical (unpaired) electrons. The first-order valence-corrected chi connectivity index (χ1v) is 9.91. The Balaban J connectivity index is 1.37. The Morgan fingerprint density at radius 3 is 2.86 bits per heavy atom. The van der Waals surface area contributed by atoms with Gasteiger partial charge in [-0.25, -0.2) is 9.97 Å². The van der Waals surface area contributed by atoms with E-state index in [2.05, 4.69) is 20.9 Å². The average molecular weight is 393 g/mol. The lowest BCUT2D eigenvalue weighted by Crippen LogP contribution is -2.49. The van der Waals surface area contributed by atoms with E-state index in [1.165, 1.54) is 0 Å². The highest BCUT2D eigenvalue weighted by molar-refractivity contribution is 7.13. The summed E-state index contributed by atoms with van der Waals surface area (Å²) in [6.45, 7) is 4.45. The van der Waals surface area contributed by atoms with Crippen molar-refractivity contribution in [2.24, 2.45) is 0 Å². The van der Waals surface area contributed by atoms with Crippen molar-refractivity contribution in [1.82, 2.24) is 14.9 Å². The van der Waals surface area contributed by atoms with E-state index in [0.29, 0.717) is 49.1 Å². The van der Waals surface area contributed by atoms with Gasteiger partial charge in [0.1, 0.15) is 11.6 Å². The highest BCUT2D eigenvalue weighted by Crippen LogP contribution is 2.26. The van der Waals surface area contributed by atoms with Gasteiger partial charge in [-0.3, -0.25) is 4.79 Å². The van der Waals surface area contributed by atoms with E-state index in [0.717, 1.165) is 10.7 Å². The second-order valence-electron chi connectivity index (χ2n) is 6.56. The first-order chi connectivity index (χ1) is 13.6. The van der Waals surface area contributed by atoms with Gasteiger partial charge in [0.15, 0.2) is 0 Å². The largest absolute Gasteiger partial charge is 0.440 e. The highest BCUT2D eigenvalue weighted by atomic mass is 32.1. The SMILES string of the molecule is Cc1oc(-c2cccs2)nc1CC(=O)N1CCN(c2cc(C#N)ccn2)CC1. The number of nitrogens with zero attached hydrogens (tertiary/aromatic N) is 5. The van der Waals surface area contributed by atoms with Crippen LogP contribution in [-0.4, -0.2) is 47.0 Å². The van der Waals surface area contributed by atoms with Gasteiger partial charge in [0.05, 0.1) is 28.6 Å². The lowest BCUT2D eigenvalue weighted by molar-refractivity contribution is -0.130. The molecular weight excluding hydrogens is 374 g/mol. The van der Waals surface area contributed by atoms with Crippen molar-refractivity contribution >= 4 is 23.1 Å². The third-order valence-corrected chi connectivity index (χ3v) is 5.63. The number of piperazine rings is 1. The Morgan fingerprint density at radius 1 is 1.32 bits per heavy atom. The maximum absolute atomic E-state index is 12.7. The summed E-state index contributed by atoms with van der Waals surface area (Å²) in [7, 11) is 0. The molecule has 0 aromatic carbocycles. The number of hydrogen-bond donors (Lipinski definition) is 0. The summed E-state index contributed by atoms with van der Waals surface area (Å²) in [5.41, 5.74) is 1.28. The Labute approximate surface area is 166 Å². The fourth-order valence-corrected chi connectivity index (χ4v) is 3.85. The highest BCUT2D eigenvalue weighted by Gasteiger charge is 2.24. The van der Waals surface area contributed by atoms with E-state index in [1.54, 1.807) is 29.7 Å². The van der Waals surface area contributed by atoms with Gasteiger partial charge in [-0.15, -0.1) is 11.3 Å². The van der Waals surface area contributed by atoms with E-state index in [9.17, 15) is 4.79 Å². The molecule has 1 fully saturated rings. The zero-order valence-electron chi connectivity index (χ0n) is 15.5. The predicted molar refractivity (Wildman–Crippen MR) is 106 cm³/mol. The molecule has 0 aliphatic carbocycles. The number of thiophene rings is 1. The van der Waals surface area contributed by atoms with Gasteiger partial charge in [-0.1, -0.05) is 6.07 Å². The van der Waals surface area contributed by atoms with Crippen molar-refractivity contribution in [3.8, 4) is 16.8 Å². The Bertz CT molecular complexity index is 1010. The summed E-state index contributed by atoms with van der Waals surface area (Å²) in [6.07, 6.45) is 1.88. The molecule has 4 heterocycles. The fraction of sp³-hybridized carbons (Fsp3) is 0.300. The van der Waals surface area contributed by atoms with Crippen LogP contribution in [0.15, 0.2) is 40.3 Å². The van der Waals surface area contributed by atoms with Crippen molar-refractivity contribution in [2.75, 3.05) is 31.1 Å². The number of oxazole rings is 1. The molecule has 3 aromatic rings. The molecular formula is C20H19N5O2S. The molecule has 0 spiro atoms. The Hall–Kier alpha value is -3.18. The second-order valence-corrected chi connectivity index (χ2v) is 7.51. The van der Waals surface area contributed by atoms with Crippen LogP contribution >= 0.6 is 11.3 Å². The quantitative estimate of drug-likeness (QED) is 0.677. The van der Waals surface area contributed by atoms with Crippen molar-refractivity contribution in [3.05, 3.63) is 52.9 Å². The van der Waals surface area contributed by atoms with Gasteiger partial charge in [-0.05, 0) is 30.5 Å². The van der Waals surface area contributed by atoms with Crippen molar-refractivity contribution < 1.29 is 9.21 Å². The lowest BCUT2D eigenvalue weighted by atomic mass is 10.2. The minimum absolute atomic E-state index is 0.0486. The molecule has 8 heteroatoms. The first-order valence-electron chi connectivity index (χ1n) is 9.03. The zero-order valence-corrected chi connectivity index (χ0v) is 16.3. The number of hydrogen-bond acceptors (Lipinski definition) is 7. The van der Waals surface area contributed by atoms with Crippen LogP contribution in [0.5, 0.6) is 0 Å². The number of nitriles is 1. The zero-order chi connectivity index (χ0) is 19.5. The number of rotatable bonds is 4. The molecule has 0 atom stereocenters. The second kappa shape index (κ2) is 7.82. The minimum Gasteiger partial charge on any atom is -0.440 e. The van der Waals surface area contributed by atoms with E-state index in [-0.39, 0.29) is 12.3 Å². The smallest absolute Gasteiger partial charge is 0.236 e. The normalized spacial score (nSPS) is 14.1. The summed E-state index contributed by atoms with van der Waals surface area (Å²) < 4.78 is 5.73. The van der Waals surface area contributed by atoms with Gasteiger partial charge < -0.3 is 14.2 Å². The molecule has 1 amide bonds. The number of aryl methyl sites for hydroxylation is 1. The molecule has 3 aromatic heterocycles. The third kappa shape index (κ3) is 3.75. The number of amides is 1. The minimum atomic E-state index is 0.0486. The van der Waals surface area contributed by atoms with Crippen LogP contribution in [0, 0.1) is 18.3 Å². The molecule has 1 saturated heterocycles. The van der Waals surface area contributed by atoms with E-state index >= 15 is 0 Å². The van der Waals surface area contributed by atoms with Gasteiger partial charge >= 0.3 is 0 Å². The van der Waals surface area contributed by atoms with Crippen molar-refractivity contribution in [2.45, 2.75) is 13.3 Å². The van der Waals surface area contributed by atoms with Crippen LogP contribution < -0.4 is 4.90 Å². The van der Waals surface area contributed by atoms with Crippen LogP contribution in [0.4, 0.5) is 5.82 Å². The van der Waals surface area contributed by atoms with Gasteiger partial charge in [-0.2, -0.15) is 5.26 Å². The van der Waals surface area contributed by atoms with Crippen LogP contribution in [0.3, 0.4) is 0 Å². The molecule has 1 aliphatic heterocycles. The third-order valence-electron chi connectivity index (χ3n) is 4.77. The van der Waals surface area contributed by atoms with Gasteiger partial charge in [0.2, 0.25) is 11.8 Å². The average Bonchev–Trinajstić information content (AvgIpc) is 3.38. The van der Waals surface area contributed by atoms with E-state index in [1.807, 2.05) is 29.3 Å². The molecule has 1 aliphatic rings. The number of carbonyl (C=O) groups excluding carboxylic acids is 1. The van der Waals surface area contributed by atoms with Crippen LogP contribution in [0.2, 0.25) is 0 Å². The predicted octanol–water partition coefficient (Wildman–Crippen LogP) is 2.87. The molecule has 0 bridgehead atoms. The van der Waals surface area contributed by atoms with E-state index in [4.69, 9.17) is 9.68 Å². The van der Waals surface area contributed by atoms with Crippen LogP contribution in [-0.2, 0) is 11.2 Å². The topological polar surface area (TPSA) is 86.3 Å². The molecule has 0 unspecified atom stereocenters. The molecule has 142 valence electrons. The fourth-order valence-electron chi connectivity index (χ4n) is 3.20. The number of anilines is 1. The summed E-state index contributed by atoms with van der Waals surface area (Å²) in [5.74, 6) is 2.09. The molecule has 4 rings (SSSR count). The molecule has 28 heavy (non-hydrogen) atoms.